The van der Waals surface area contributed by atoms with E-state index >= 15 is 0 Å². The second-order valence-corrected chi connectivity index (χ2v) is 6.12. The molecule has 0 unspecified atom stereocenters. The molecule has 4 heteroatoms. The van der Waals surface area contributed by atoms with Crippen molar-refractivity contribution in [3.8, 4) is 11.4 Å². The average molecular weight is 281 g/mol. The Kier molecular flexibility index (Phi) is 3.47. The molecule has 3 aromatic rings. The second-order valence-electron chi connectivity index (χ2n) is 6.12. The highest BCUT2D eigenvalue weighted by Gasteiger charge is 2.12. The molecule has 21 heavy (non-hydrogen) atoms. The molecule has 0 saturated carbocycles. The number of hydrogen-bond donors (Lipinski definition) is 1. The quantitative estimate of drug-likeness (QED) is 0.793. The lowest BCUT2D eigenvalue weighted by Crippen LogP contribution is -2.35. The van der Waals surface area contributed by atoms with E-state index in [0.29, 0.717) is 5.82 Å². The highest BCUT2D eigenvalue weighted by Crippen LogP contribution is 2.27. The third kappa shape index (κ3) is 3.11. The van der Waals surface area contributed by atoms with Crippen LogP contribution in [0.4, 0.5) is 0 Å². The SMILES string of the molecule is CC(C)(C)NCc1ccnc(-c2coc3ccccc23)n1. The zero-order chi connectivity index (χ0) is 14.9. The fourth-order valence-corrected chi connectivity index (χ4v) is 2.13. The molecule has 1 aromatic carbocycles. The van der Waals surface area contributed by atoms with Gasteiger partial charge in [-0.25, -0.2) is 9.97 Å². The summed E-state index contributed by atoms with van der Waals surface area (Å²) in [6, 6.07) is 9.86. The van der Waals surface area contributed by atoms with Crippen LogP contribution in [0.15, 0.2) is 47.2 Å². The first-order valence-electron chi connectivity index (χ1n) is 7.06. The van der Waals surface area contributed by atoms with E-state index in [2.05, 4.69) is 36.1 Å². The molecule has 1 N–H and O–H groups in total. The monoisotopic (exact) mass is 281 g/mol. The van der Waals surface area contributed by atoms with Crippen LogP contribution in [0.1, 0.15) is 26.5 Å². The fourth-order valence-electron chi connectivity index (χ4n) is 2.13. The first-order chi connectivity index (χ1) is 10.0. The molecule has 3 rings (SSSR count). The minimum atomic E-state index is 0.0629. The fraction of sp³-hybridized carbons (Fsp3) is 0.294. The van der Waals surface area contributed by atoms with Crippen molar-refractivity contribution in [3.63, 3.8) is 0 Å². The summed E-state index contributed by atoms with van der Waals surface area (Å²) in [6.07, 6.45) is 3.52. The number of hydrogen-bond acceptors (Lipinski definition) is 4. The molecule has 0 aliphatic carbocycles. The Hall–Kier alpha value is -2.20. The number of aromatic nitrogens is 2. The van der Waals surface area contributed by atoms with E-state index in [1.807, 2.05) is 30.3 Å². The molecular weight excluding hydrogens is 262 g/mol. The van der Waals surface area contributed by atoms with Gasteiger partial charge >= 0.3 is 0 Å². The van der Waals surface area contributed by atoms with E-state index in [-0.39, 0.29) is 5.54 Å². The van der Waals surface area contributed by atoms with Crippen LogP contribution >= 0.6 is 0 Å². The smallest absolute Gasteiger partial charge is 0.163 e. The van der Waals surface area contributed by atoms with Gasteiger partial charge in [-0.05, 0) is 32.9 Å². The number of rotatable bonds is 3. The minimum Gasteiger partial charge on any atom is -0.464 e. The Balaban J connectivity index is 1.92. The molecule has 0 fully saturated rings. The molecule has 0 aliphatic rings. The van der Waals surface area contributed by atoms with Gasteiger partial charge in [-0.1, -0.05) is 18.2 Å². The Morgan fingerprint density at radius 2 is 1.95 bits per heavy atom. The number of benzene rings is 1. The molecule has 0 atom stereocenters. The summed E-state index contributed by atoms with van der Waals surface area (Å²) in [5.74, 6) is 0.702. The largest absolute Gasteiger partial charge is 0.464 e. The summed E-state index contributed by atoms with van der Waals surface area (Å²) in [4.78, 5) is 9.01. The third-order valence-electron chi connectivity index (χ3n) is 3.23. The maximum Gasteiger partial charge on any atom is 0.163 e. The summed E-state index contributed by atoms with van der Waals surface area (Å²) < 4.78 is 5.56. The van der Waals surface area contributed by atoms with Gasteiger partial charge in [0, 0.05) is 23.7 Å². The van der Waals surface area contributed by atoms with Crippen molar-refractivity contribution >= 4 is 11.0 Å². The van der Waals surface area contributed by atoms with E-state index in [0.717, 1.165) is 28.8 Å². The summed E-state index contributed by atoms with van der Waals surface area (Å²) in [7, 11) is 0. The van der Waals surface area contributed by atoms with Crippen LogP contribution in [-0.2, 0) is 6.54 Å². The van der Waals surface area contributed by atoms with Gasteiger partial charge in [0.2, 0.25) is 0 Å². The third-order valence-corrected chi connectivity index (χ3v) is 3.23. The van der Waals surface area contributed by atoms with Crippen LogP contribution in [0, 0.1) is 0 Å². The van der Waals surface area contributed by atoms with Crippen molar-refractivity contribution in [1.82, 2.24) is 15.3 Å². The van der Waals surface area contributed by atoms with Gasteiger partial charge in [0.1, 0.15) is 11.8 Å². The highest BCUT2D eigenvalue weighted by atomic mass is 16.3. The predicted molar refractivity (Wildman–Crippen MR) is 83.8 cm³/mol. The van der Waals surface area contributed by atoms with Crippen LogP contribution in [0.5, 0.6) is 0 Å². The minimum absolute atomic E-state index is 0.0629. The van der Waals surface area contributed by atoms with Crippen molar-refractivity contribution in [2.45, 2.75) is 32.9 Å². The zero-order valence-corrected chi connectivity index (χ0v) is 12.6. The number of nitrogens with one attached hydrogen (secondary N) is 1. The molecule has 4 nitrogen and oxygen atoms in total. The molecule has 0 amide bonds. The average Bonchev–Trinajstić information content (AvgIpc) is 2.89. The summed E-state index contributed by atoms with van der Waals surface area (Å²) in [5, 5.41) is 4.47. The van der Waals surface area contributed by atoms with Gasteiger partial charge in [-0.3, -0.25) is 0 Å². The van der Waals surface area contributed by atoms with Gasteiger partial charge in [-0.2, -0.15) is 0 Å². The first-order valence-corrected chi connectivity index (χ1v) is 7.06. The van der Waals surface area contributed by atoms with E-state index in [9.17, 15) is 0 Å². The Bertz CT molecular complexity index is 756. The molecule has 0 spiro atoms. The summed E-state index contributed by atoms with van der Waals surface area (Å²) in [6.45, 7) is 7.13. The van der Waals surface area contributed by atoms with Crippen molar-refractivity contribution in [2.75, 3.05) is 0 Å². The number of fused-ring (bicyclic) bond motifs is 1. The maximum absolute atomic E-state index is 5.56. The van der Waals surface area contributed by atoms with Crippen molar-refractivity contribution in [3.05, 3.63) is 48.5 Å². The van der Waals surface area contributed by atoms with Gasteiger partial charge in [0.15, 0.2) is 5.82 Å². The molecule has 2 aromatic heterocycles. The van der Waals surface area contributed by atoms with E-state index in [4.69, 9.17) is 4.42 Å². The van der Waals surface area contributed by atoms with Crippen LogP contribution in [0.25, 0.3) is 22.4 Å². The Labute approximate surface area is 124 Å². The van der Waals surface area contributed by atoms with Gasteiger partial charge < -0.3 is 9.73 Å². The zero-order valence-electron chi connectivity index (χ0n) is 12.6. The molecule has 0 saturated heterocycles. The van der Waals surface area contributed by atoms with Gasteiger partial charge in [0.05, 0.1) is 11.3 Å². The number of nitrogens with zero attached hydrogens (tertiary/aromatic N) is 2. The highest BCUT2D eigenvalue weighted by molar-refractivity contribution is 5.91. The Morgan fingerprint density at radius 3 is 2.76 bits per heavy atom. The lowest BCUT2D eigenvalue weighted by Gasteiger charge is -2.20. The van der Waals surface area contributed by atoms with Crippen LogP contribution in [-0.4, -0.2) is 15.5 Å². The predicted octanol–water partition coefficient (Wildman–Crippen LogP) is 3.78. The lowest BCUT2D eigenvalue weighted by atomic mass is 10.1. The summed E-state index contributed by atoms with van der Waals surface area (Å²) in [5.41, 5.74) is 2.82. The normalized spacial score (nSPS) is 12.0. The maximum atomic E-state index is 5.56. The molecule has 0 aliphatic heterocycles. The van der Waals surface area contributed by atoms with Gasteiger partial charge in [0.25, 0.3) is 0 Å². The lowest BCUT2D eigenvalue weighted by molar-refractivity contribution is 0.421. The topological polar surface area (TPSA) is 51.0 Å². The van der Waals surface area contributed by atoms with Crippen molar-refractivity contribution < 1.29 is 4.42 Å². The molecule has 108 valence electrons. The van der Waals surface area contributed by atoms with E-state index < -0.39 is 0 Å². The molecular formula is C17H19N3O. The van der Waals surface area contributed by atoms with Crippen molar-refractivity contribution in [1.29, 1.82) is 0 Å². The van der Waals surface area contributed by atoms with E-state index in [1.165, 1.54) is 0 Å². The van der Waals surface area contributed by atoms with Gasteiger partial charge in [-0.15, -0.1) is 0 Å². The van der Waals surface area contributed by atoms with Crippen molar-refractivity contribution in [2.24, 2.45) is 0 Å². The molecule has 2 heterocycles. The van der Waals surface area contributed by atoms with Crippen LogP contribution < -0.4 is 5.32 Å². The number of furan rings is 1. The molecule has 0 bridgehead atoms. The summed E-state index contributed by atoms with van der Waals surface area (Å²) >= 11 is 0. The number of para-hydroxylation sites is 1. The van der Waals surface area contributed by atoms with Crippen LogP contribution in [0.2, 0.25) is 0 Å². The van der Waals surface area contributed by atoms with E-state index in [1.54, 1.807) is 12.5 Å². The molecule has 0 radical (unpaired) electrons. The Morgan fingerprint density at radius 1 is 1.14 bits per heavy atom. The second kappa shape index (κ2) is 5.30. The first kappa shape index (κ1) is 13.8. The van der Waals surface area contributed by atoms with Crippen LogP contribution in [0.3, 0.4) is 0 Å². The standard InChI is InChI=1S/C17H19N3O/c1-17(2,3)19-10-12-8-9-18-16(20-12)14-11-21-15-7-5-4-6-13(14)15/h4-9,11,19H,10H2,1-3H3.